The molecule has 5 atom stereocenters. The quantitative estimate of drug-likeness (QED) is 0.321. The molecular formula is C23H35NO3. The average Bonchev–Trinajstić information content (AvgIpc) is 2.93. The maximum atomic E-state index is 10.6. The van der Waals surface area contributed by atoms with Crippen molar-refractivity contribution in [3.8, 4) is 6.07 Å². The van der Waals surface area contributed by atoms with Gasteiger partial charge >= 0.3 is 0 Å². The van der Waals surface area contributed by atoms with Gasteiger partial charge in [-0.25, -0.2) is 0 Å². The van der Waals surface area contributed by atoms with E-state index in [4.69, 9.17) is 0 Å². The van der Waals surface area contributed by atoms with E-state index in [1.54, 1.807) is 0 Å². The van der Waals surface area contributed by atoms with Crippen LogP contribution >= 0.6 is 0 Å². The highest BCUT2D eigenvalue weighted by molar-refractivity contribution is 5.49. The van der Waals surface area contributed by atoms with Gasteiger partial charge in [0, 0.05) is 12.3 Å². The topological polar surface area (TPSA) is 81.3 Å². The molecule has 2 rings (SSSR count). The molecule has 0 radical (unpaired) electrons. The molecule has 0 aromatic carbocycles. The highest BCUT2D eigenvalue weighted by Crippen LogP contribution is 2.48. The average molecular weight is 374 g/mol. The van der Waals surface area contributed by atoms with Gasteiger partial charge in [-0.05, 0) is 62.7 Å². The fourth-order valence-corrected chi connectivity index (χ4v) is 4.74. The van der Waals surface area contributed by atoms with Crippen LogP contribution in [0.2, 0.25) is 0 Å². The molecule has 2 N–H and O–H groups in total. The summed E-state index contributed by atoms with van der Waals surface area (Å²) in [6.45, 7) is 2.15. The van der Waals surface area contributed by atoms with Crippen LogP contribution in [0.1, 0.15) is 71.1 Å². The smallest absolute Gasteiger partial charge is 0.120 e. The number of aliphatic hydroxyl groups is 2. The van der Waals surface area contributed by atoms with Crippen molar-refractivity contribution in [3.05, 3.63) is 24.3 Å². The van der Waals surface area contributed by atoms with Crippen molar-refractivity contribution in [2.45, 2.75) is 83.3 Å². The lowest BCUT2D eigenvalue weighted by molar-refractivity contribution is -0.107. The molecule has 0 aromatic heterocycles. The standard InChI is InChI=1S/C23H35NO3/c1-2-23(13-9-14-23)22(27)12-8-11-20-19(18(17-24)16-21(20)26)10-6-4-3-5-7-15-25/h4,6,8,11,15,18-22,26-27H,2-3,5,7,9-10,12-14,16H2,1H3/b6-4-,11-8+/t18?,19-,20?,21+,22?/m0/s1. The van der Waals surface area contributed by atoms with Crippen LogP contribution in [-0.2, 0) is 4.79 Å². The number of nitriles is 1. The number of hydrogen-bond acceptors (Lipinski definition) is 4. The Morgan fingerprint density at radius 3 is 2.63 bits per heavy atom. The molecule has 2 saturated carbocycles. The molecule has 0 saturated heterocycles. The Morgan fingerprint density at radius 2 is 2.04 bits per heavy atom. The summed E-state index contributed by atoms with van der Waals surface area (Å²) >= 11 is 0. The van der Waals surface area contributed by atoms with E-state index in [-0.39, 0.29) is 29.3 Å². The van der Waals surface area contributed by atoms with Gasteiger partial charge in [-0.2, -0.15) is 5.26 Å². The van der Waals surface area contributed by atoms with Crippen LogP contribution in [0.4, 0.5) is 0 Å². The summed E-state index contributed by atoms with van der Waals surface area (Å²) in [6.07, 6.45) is 17.1. The van der Waals surface area contributed by atoms with E-state index < -0.39 is 6.10 Å². The summed E-state index contributed by atoms with van der Waals surface area (Å²) < 4.78 is 0. The lowest BCUT2D eigenvalue weighted by Gasteiger charge is -2.45. The van der Waals surface area contributed by atoms with E-state index in [2.05, 4.69) is 25.1 Å². The number of rotatable bonds is 11. The lowest BCUT2D eigenvalue weighted by atomic mass is 9.63. The largest absolute Gasteiger partial charge is 0.392 e. The first-order chi connectivity index (χ1) is 13.1. The van der Waals surface area contributed by atoms with Gasteiger partial charge in [0.1, 0.15) is 6.29 Å². The molecule has 0 bridgehead atoms. The van der Waals surface area contributed by atoms with E-state index in [0.29, 0.717) is 19.3 Å². The minimum atomic E-state index is -0.486. The Bertz CT molecular complexity index is 553. The first-order valence-electron chi connectivity index (χ1n) is 10.6. The molecule has 2 aliphatic carbocycles. The molecule has 2 aliphatic rings. The van der Waals surface area contributed by atoms with Crippen LogP contribution in [0.5, 0.6) is 0 Å². The zero-order valence-corrected chi connectivity index (χ0v) is 16.6. The molecule has 0 spiro atoms. The van der Waals surface area contributed by atoms with Crippen molar-refractivity contribution in [2.75, 3.05) is 0 Å². The molecule has 27 heavy (non-hydrogen) atoms. The van der Waals surface area contributed by atoms with Crippen molar-refractivity contribution in [1.29, 1.82) is 5.26 Å². The number of carbonyl (C=O) groups excluding carboxylic acids is 1. The summed E-state index contributed by atoms with van der Waals surface area (Å²) in [6, 6.07) is 2.36. The van der Waals surface area contributed by atoms with Gasteiger partial charge < -0.3 is 15.0 Å². The molecule has 4 nitrogen and oxygen atoms in total. The molecule has 3 unspecified atom stereocenters. The van der Waals surface area contributed by atoms with Crippen LogP contribution < -0.4 is 0 Å². The lowest BCUT2D eigenvalue weighted by Crippen LogP contribution is -2.40. The molecular weight excluding hydrogens is 338 g/mol. The van der Waals surface area contributed by atoms with Crippen LogP contribution in [0.25, 0.3) is 0 Å². The summed E-state index contributed by atoms with van der Waals surface area (Å²) in [5, 5.41) is 30.4. The Labute approximate surface area is 164 Å². The van der Waals surface area contributed by atoms with Crippen LogP contribution in [0.15, 0.2) is 24.3 Å². The molecule has 150 valence electrons. The molecule has 4 heteroatoms. The second-order valence-corrected chi connectivity index (χ2v) is 8.33. The monoisotopic (exact) mass is 373 g/mol. The number of unbranched alkanes of at least 4 members (excludes halogenated alkanes) is 2. The number of aldehydes is 1. The van der Waals surface area contributed by atoms with E-state index >= 15 is 0 Å². The van der Waals surface area contributed by atoms with Gasteiger partial charge in [0.15, 0.2) is 0 Å². The molecule has 0 aromatic rings. The summed E-state index contributed by atoms with van der Waals surface area (Å²) in [7, 11) is 0. The Balaban J connectivity index is 1.91. The van der Waals surface area contributed by atoms with E-state index in [1.807, 2.05) is 12.2 Å². The van der Waals surface area contributed by atoms with Crippen molar-refractivity contribution < 1.29 is 15.0 Å². The Kier molecular flexibility index (Phi) is 8.73. The van der Waals surface area contributed by atoms with Gasteiger partial charge in [-0.1, -0.05) is 37.6 Å². The Morgan fingerprint density at radius 1 is 1.26 bits per heavy atom. The third kappa shape index (κ3) is 5.53. The van der Waals surface area contributed by atoms with Gasteiger partial charge in [-0.3, -0.25) is 0 Å². The predicted octanol–water partition coefficient (Wildman–Crippen LogP) is 4.33. The second-order valence-electron chi connectivity index (χ2n) is 8.33. The third-order valence-corrected chi connectivity index (χ3v) is 6.86. The zero-order valence-electron chi connectivity index (χ0n) is 16.6. The van der Waals surface area contributed by atoms with Crippen molar-refractivity contribution >= 4 is 6.29 Å². The van der Waals surface area contributed by atoms with Gasteiger partial charge in [-0.15, -0.1) is 0 Å². The van der Waals surface area contributed by atoms with Gasteiger partial charge in [0.05, 0.1) is 24.2 Å². The van der Waals surface area contributed by atoms with Crippen LogP contribution in [-0.4, -0.2) is 28.7 Å². The fraction of sp³-hybridized carbons (Fsp3) is 0.739. The Hall–Kier alpha value is -1.44. The molecule has 2 fully saturated rings. The predicted molar refractivity (Wildman–Crippen MR) is 107 cm³/mol. The number of carbonyl (C=O) groups is 1. The van der Waals surface area contributed by atoms with E-state index in [9.17, 15) is 20.3 Å². The van der Waals surface area contributed by atoms with Crippen molar-refractivity contribution in [3.63, 3.8) is 0 Å². The minimum Gasteiger partial charge on any atom is -0.392 e. The first-order valence-corrected chi connectivity index (χ1v) is 10.6. The number of allylic oxidation sites excluding steroid dienone is 2. The zero-order chi connectivity index (χ0) is 19.7. The number of aliphatic hydroxyl groups excluding tert-OH is 2. The van der Waals surface area contributed by atoms with Crippen LogP contribution in [0.3, 0.4) is 0 Å². The van der Waals surface area contributed by atoms with Crippen molar-refractivity contribution in [2.24, 2.45) is 23.2 Å². The third-order valence-electron chi connectivity index (χ3n) is 6.86. The molecule has 0 amide bonds. The molecule has 0 heterocycles. The molecule has 0 aliphatic heterocycles. The van der Waals surface area contributed by atoms with E-state index in [1.165, 1.54) is 6.42 Å². The maximum Gasteiger partial charge on any atom is 0.120 e. The minimum absolute atomic E-state index is 0.0274. The van der Waals surface area contributed by atoms with Crippen LogP contribution in [0, 0.1) is 34.5 Å². The highest BCUT2D eigenvalue weighted by Gasteiger charge is 2.42. The summed E-state index contributed by atoms with van der Waals surface area (Å²) in [4.78, 5) is 10.3. The highest BCUT2D eigenvalue weighted by atomic mass is 16.3. The number of hydrogen-bond donors (Lipinski definition) is 2. The fourth-order valence-electron chi connectivity index (χ4n) is 4.74. The van der Waals surface area contributed by atoms with E-state index in [0.717, 1.165) is 44.8 Å². The maximum absolute atomic E-state index is 10.6. The van der Waals surface area contributed by atoms with Gasteiger partial charge in [0.25, 0.3) is 0 Å². The first kappa shape index (κ1) is 21.9. The van der Waals surface area contributed by atoms with Crippen molar-refractivity contribution in [1.82, 2.24) is 0 Å². The summed E-state index contributed by atoms with van der Waals surface area (Å²) in [5.41, 5.74) is 0.0947. The normalized spacial score (nSPS) is 31.0. The van der Waals surface area contributed by atoms with Gasteiger partial charge in [0.2, 0.25) is 0 Å². The second kappa shape index (κ2) is 10.8. The SMILES string of the molecule is CCC1(C(O)C/C=C/C2[C@@H](C/C=C\CCCC=O)C(C#N)C[C@H]2O)CCC1. The summed E-state index contributed by atoms with van der Waals surface area (Å²) in [5.74, 6) is -0.0437. The number of nitrogens with zero attached hydrogens (tertiary/aromatic N) is 1.